The molecule has 0 saturated heterocycles. The van der Waals surface area contributed by atoms with Crippen LogP contribution in [0.15, 0.2) is 12.2 Å². The first-order valence-corrected chi connectivity index (χ1v) is 4.73. The van der Waals surface area contributed by atoms with Gasteiger partial charge < -0.3 is 23.2 Å². The van der Waals surface area contributed by atoms with E-state index < -0.39 is 37.2 Å². The van der Waals surface area contributed by atoms with Crippen LogP contribution in [0.3, 0.4) is 0 Å². The Morgan fingerprint density at radius 1 is 1.19 bits per heavy atom. The number of carbonyl (C=O) groups excluding carboxylic acids is 1. The number of halogens is 6. The molecule has 0 aliphatic heterocycles. The van der Waals surface area contributed by atoms with Crippen molar-refractivity contribution in [2.24, 2.45) is 0 Å². The molecule has 21 heavy (non-hydrogen) atoms. The predicted molar refractivity (Wildman–Crippen MR) is 55.6 cm³/mol. The van der Waals surface area contributed by atoms with Gasteiger partial charge in [-0.25, -0.2) is 32.9 Å². The minimum atomic E-state index is -5.12. The monoisotopic (exact) mass is 766 g/mol. The molecule has 0 aromatic rings. The summed E-state index contributed by atoms with van der Waals surface area (Å²) in [6.07, 6.45) is -12.9. The average Bonchev–Trinajstić information content (AvgIpc) is 2.23. The summed E-state index contributed by atoms with van der Waals surface area (Å²) in [6.45, 7) is 7.69. The number of rotatable bonds is 4. The van der Waals surface area contributed by atoms with Gasteiger partial charge in [0.05, 0.1) is 0 Å². The van der Waals surface area contributed by atoms with Gasteiger partial charge in [-0.3, -0.25) is 12.3 Å². The number of aliphatic hydroxyl groups excluding tert-OH is 1. The van der Waals surface area contributed by atoms with E-state index in [2.05, 4.69) is 13.5 Å². The SMILES string of the molecule is C=C(C)[C-]=O.[CH2-]C[C-](C[C-](O)C(F)(F)F)C(F)(F)F.[U+2].[U+2]. The quantitative estimate of drug-likeness (QED) is 0.269. The Balaban J connectivity index is -0.000000179. The first kappa shape index (κ1) is 30.0. The van der Waals surface area contributed by atoms with Crippen LogP contribution in [0.2, 0.25) is 0 Å². The van der Waals surface area contributed by atoms with Gasteiger partial charge in [-0.15, -0.1) is 6.10 Å². The van der Waals surface area contributed by atoms with Crippen LogP contribution in [0.4, 0.5) is 26.3 Å². The van der Waals surface area contributed by atoms with Crippen molar-refractivity contribution in [3.63, 3.8) is 0 Å². The molecule has 0 heterocycles. The van der Waals surface area contributed by atoms with Gasteiger partial charge in [0, 0.05) is 0 Å². The zero-order chi connectivity index (χ0) is 15.9. The molecule has 2 nitrogen and oxygen atoms in total. The minimum Gasteiger partial charge on any atom is -0.557 e. The Kier molecular flexibility index (Phi) is 19.3. The molecule has 0 unspecified atom stereocenters. The molecule has 0 aromatic heterocycles. The molecule has 0 rings (SSSR count). The molecule has 0 saturated carbocycles. The molecule has 10 heteroatoms. The van der Waals surface area contributed by atoms with E-state index in [1.54, 1.807) is 13.2 Å². The number of hydrogen-bond donors (Lipinski definition) is 1. The van der Waals surface area contributed by atoms with Crippen molar-refractivity contribution in [3.05, 3.63) is 31.1 Å². The molecular formula is C11H12F6O2U2. The van der Waals surface area contributed by atoms with Gasteiger partial charge in [0.25, 0.3) is 12.4 Å². The summed E-state index contributed by atoms with van der Waals surface area (Å²) in [4.78, 5) is 9.28. The van der Waals surface area contributed by atoms with Crippen molar-refractivity contribution in [2.75, 3.05) is 0 Å². The summed E-state index contributed by atoms with van der Waals surface area (Å²) in [5.74, 6) is -1.41. The first-order valence-electron chi connectivity index (χ1n) is 4.73. The van der Waals surface area contributed by atoms with Gasteiger partial charge in [0.2, 0.25) is 0 Å². The summed E-state index contributed by atoms with van der Waals surface area (Å²) in [7, 11) is 0. The molecule has 0 amide bonds. The van der Waals surface area contributed by atoms with Crippen molar-refractivity contribution in [3.8, 4) is 0 Å². The molecule has 0 aliphatic carbocycles. The zero-order valence-corrected chi connectivity index (χ0v) is 19.3. The van der Waals surface area contributed by atoms with Crippen molar-refractivity contribution in [1.82, 2.24) is 0 Å². The molecule has 1 N–H and O–H groups in total. The first-order chi connectivity index (χ1) is 8.36. The van der Waals surface area contributed by atoms with Gasteiger partial charge in [-0.05, 0) is 6.29 Å². The minimum absolute atomic E-state index is 0. The van der Waals surface area contributed by atoms with Gasteiger partial charge in [0.15, 0.2) is 0 Å². The summed E-state index contributed by atoms with van der Waals surface area (Å²) >= 11 is 0. The normalized spacial score (nSPS) is 11.0. The smallest absolute Gasteiger partial charge is 0.557 e. The van der Waals surface area contributed by atoms with E-state index in [9.17, 15) is 31.1 Å². The van der Waals surface area contributed by atoms with Gasteiger partial charge in [0.1, 0.15) is 0 Å². The van der Waals surface area contributed by atoms with Crippen LogP contribution in [0, 0.1) is 81.2 Å². The molecule has 0 bridgehead atoms. The maximum atomic E-state index is 11.9. The standard InChI is InChI=1S/C7H7F6O.C4H5O.2U/c1-2-4(6(8,9)10)3-5(14)7(11,12)13;1-4(2)3-5;;/h14H,1-3H2;1H2,2H3;;/q-3;-1;2*+2. The number of alkyl halides is 6. The molecule has 0 radical (unpaired) electrons. The van der Waals surface area contributed by atoms with E-state index in [0.29, 0.717) is 5.57 Å². The van der Waals surface area contributed by atoms with Gasteiger partial charge in [-0.2, -0.15) is 5.57 Å². The van der Waals surface area contributed by atoms with E-state index in [4.69, 9.17) is 5.11 Å². The molecule has 0 spiro atoms. The molecule has 118 valence electrons. The molecule has 0 atom stereocenters. The Morgan fingerprint density at radius 2 is 1.52 bits per heavy atom. The van der Waals surface area contributed by atoms with E-state index in [1.165, 1.54) is 0 Å². The second-order valence-electron chi connectivity index (χ2n) is 3.35. The van der Waals surface area contributed by atoms with Crippen molar-refractivity contribution in [2.45, 2.75) is 32.1 Å². The van der Waals surface area contributed by atoms with E-state index in [0.717, 1.165) is 0 Å². The maximum Gasteiger partial charge on any atom is 2.00 e. The number of hydrogen-bond acceptors (Lipinski definition) is 2. The molecule has 0 aromatic carbocycles. The van der Waals surface area contributed by atoms with Crippen LogP contribution >= 0.6 is 0 Å². The van der Waals surface area contributed by atoms with E-state index >= 15 is 0 Å². The Bertz CT molecular complexity index is 291. The van der Waals surface area contributed by atoms with Crippen molar-refractivity contribution < 1.29 is 98.5 Å². The number of allylic oxidation sites excluding steroid dienone is 1. The summed E-state index contributed by atoms with van der Waals surface area (Å²) < 4.78 is 70.6. The van der Waals surface area contributed by atoms with Gasteiger partial charge >= 0.3 is 62.2 Å². The fraction of sp³-hybridized carbons (Fsp3) is 0.455. The summed E-state index contributed by atoms with van der Waals surface area (Å²) in [6, 6.07) is 0. The Hall–Kier alpha value is 1.05. The molecule has 0 aliphatic rings. The summed E-state index contributed by atoms with van der Waals surface area (Å²) in [5.41, 5.74) is 0.449. The fourth-order valence-corrected chi connectivity index (χ4v) is 0.633. The third-order valence-electron chi connectivity index (χ3n) is 1.58. The van der Waals surface area contributed by atoms with Crippen LogP contribution in [0.25, 0.3) is 0 Å². The van der Waals surface area contributed by atoms with Crippen LogP contribution in [-0.4, -0.2) is 23.7 Å². The van der Waals surface area contributed by atoms with E-state index in [-0.39, 0.29) is 62.2 Å². The van der Waals surface area contributed by atoms with Crippen molar-refractivity contribution in [1.29, 1.82) is 0 Å². The Labute approximate surface area is 166 Å². The van der Waals surface area contributed by atoms with Gasteiger partial charge in [-0.1, -0.05) is 6.92 Å². The van der Waals surface area contributed by atoms with Crippen LogP contribution in [0.1, 0.15) is 19.8 Å². The average molecular weight is 766 g/mol. The number of aliphatic hydroxyl groups is 1. The Morgan fingerprint density at radius 3 is 1.67 bits per heavy atom. The van der Waals surface area contributed by atoms with Crippen LogP contribution < -0.4 is 0 Å². The van der Waals surface area contributed by atoms with Crippen molar-refractivity contribution >= 4 is 6.29 Å². The molecule has 0 fully saturated rings. The zero-order valence-electron chi connectivity index (χ0n) is 11.0. The third-order valence-corrected chi connectivity index (χ3v) is 1.58. The topological polar surface area (TPSA) is 37.3 Å². The second-order valence-corrected chi connectivity index (χ2v) is 3.35. The molecular weight excluding hydrogens is 754 g/mol. The maximum absolute atomic E-state index is 11.9. The van der Waals surface area contributed by atoms with E-state index in [1.807, 2.05) is 0 Å². The largest absolute Gasteiger partial charge is 2.00 e. The second kappa shape index (κ2) is 13.5. The third kappa shape index (κ3) is 17.2. The van der Waals surface area contributed by atoms with Crippen LogP contribution in [0.5, 0.6) is 0 Å². The predicted octanol–water partition coefficient (Wildman–Crippen LogP) is 3.88. The fourth-order valence-electron chi connectivity index (χ4n) is 0.633. The van der Waals surface area contributed by atoms with Crippen LogP contribution in [-0.2, 0) is 4.79 Å². The summed E-state index contributed by atoms with van der Waals surface area (Å²) in [5, 5.41) is 8.29.